The van der Waals surface area contributed by atoms with Crippen LogP contribution >= 0.6 is 11.6 Å². The van der Waals surface area contributed by atoms with Gasteiger partial charge < -0.3 is 10.1 Å². The van der Waals surface area contributed by atoms with Gasteiger partial charge in [0.25, 0.3) is 0 Å². The van der Waals surface area contributed by atoms with Gasteiger partial charge in [-0.2, -0.15) is 13.2 Å². The molecule has 7 heteroatoms. The lowest BCUT2D eigenvalue weighted by atomic mass is 10.0. The smallest absolute Gasteiger partial charge is 0.372 e. The van der Waals surface area contributed by atoms with Gasteiger partial charge in [-0.1, -0.05) is 0 Å². The number of amides is 1. The minimum Gasteiger partial charge on any atom is -0.372 e. The van der Waals surface area contributed by atoms with Crippen molar-refractivity contribution >= 4 is 17.5 Å². The fourth-order valence-corrected chi connectivity index (χ4v) is 0.929. The summed E-state index contributed by atoms with van der Waals surface area (Å²) in [4.78, 5) is 11.4. The first-order valence-corrected chi connectivity index (χ1v) is 5.58. The number of rotatable bonds is 6. The van der Waals surface area contributed by atoms with E-state index in [0.29, 0.717) is 0 Å². The van der Waals surface area contributed by atoms with Crippen molar-refractivity contribution in [3.8, 4) is 0 Å². The molecule has 102 valence electrons. The van der Waals surface area contributed by atoms with E-state index >= 15 is 0 Å². The first-order chi connectivity index (χ1) is 7.54. The Labute approximate surface area is 104 Å². The van der Waals surface area contributed by atoms with E-state index in [4.69, 9.17) is 11.6 Å². The molecule has 0 rings (SSSR count). The highest BCUT2D eigenvalue weighted by atomic mass is 35.5. The van der Waals surface area contributed by atoms with Crippen molar-refractivity contribution in [3.63, 3.8) is 0 Å². The van der Waals surface area contributed by atoms with E-state index in [2.05, 4.69) is 10.1 Å². The monoisotopic (exact) mass is 275 g/mol. The first kappa shape index (κ1) is 16.5. The van der Waals surface area contributed by atoms with Gasteiger partial charge >= 0.3 is 6.18 Å². The second-order valence-corrected chi connectivity index (χ2v) is 4.96. The summed E-state index contributed by atoms with van der Waals surface area (Å²) in [7, 11) is 0. The Morgan fingerprint density at radius 1 is 1.41 bits per heavy atom. The van der Waals surface area contributed by atoms with Gasteiger partial charge in [0.05, 0.1) is 17.5 Å². The molecular formula is C10H17ClF3NO2. The maximum Gasteiger partial charge on any atom is 0.411 e. The molecule has 0 aromatic rings. The van der Waals surface area contributed by atoms with Crippen LogP contribution in [0.2, 0.25) is 0 Å². The predicted molar refractivity (Wildman–Crippen MR) is 59.0 cm³/mol. The third kappa shape index (κ3) is 8.26. The largest absolute Gasteiger partial charge is 0.411 e. The van der Waals surface area contributed by atoms with Crippen LogP contribution in [-0.2, 0) is 9.53 Å². The summed E-state index contributed by atoms with van der Waals surface area (Å²) in [6.45, 7) is 3.59. The summed E-state index contributed by atoms with van der Waals surface area (Å²) < 4.78 is 39.5. The van der Waals surface area contributed by atoms with Crippen LogP contribution in [0.3, 0.4) is 0 Å². The standard InChI is InChI=1S/C10H17ClF3NO2/c1-7(11)9(2,3)15-8(16)4-5-17-6-10(12,13)14/h7H,4-6H2,1-3H3,(H,15,16). The molecule has 0 bridgehead atoms. The summed E-state index contributed by atoms with van der Waals surface area (Å²) >= 11 is 5.84. The molecule has 1 amide bonds. The second-order valence-electron chi connectivity index (χ2n) is 4.30. The van der Waals surface area contributed by atoms with E-state index in [0.717, 1.165) is 0 Å². The molecule has 0 spiro atoms. The zero-order chi connectivity index (χ0) is 13.7. The van der Waals surface area contributed by atoms with Gasteiger partial charge in [0.2, 0.25) is 5.91 Å². The molecule has 17 heavy (non-hydrogen) atoms. The number of hydrogen-bond acceptors (Lipinski definition) is 2. The highest BCUT2D eigenvalue weighted by Crippen LogP contribution is 2.15. The van der Waals surface area contributed by atoms with Crippen molar-refractivity contribution in [2.75, 3.05) is 13.2 Å². The van der Waals surface area contributed by atoms with Crippen LogP contribution in [0.5, 0.6) is 0 Å². The number of carbonyl (C=O) groups is 1. The zero-order valence-corrected chi connectivity index (χ0v) is 10.8. The van der Waals surface area contributed by atoms with Crippen LogP contribution < -0.4 is 5.32 Å². The molecule has 0 aliphatic heterocycles. The molecule has 0 heterocycles. The van der Waals surface area contributed by atoms with E-state index in [1.54, 1.807) is 20.8 Å². The molecule has 0 saturated heterocycles. The Kier molecular flexibility index (Phi) is 6.26. The fraction of sp³-hybridized carbons (Fsp3) is 0.900. The highest BCUT2D eigenvalue weighted by Gasteiger charge is 2.28. The third-order valence-electron chi connectivity index (χ3n) is 2.20. The summed E-state index contributed by atoms with van der Waals surface area (Å²) in [6.07, 6.45) is -4.48. The Morgan fingerprint density at radius 3 is 2.35 bits per heavy atom. The van der Waals surface area contributed by atoms with Gasteiger partial charge in [-0.05, 0) is 20.8 Å². The lowest BCUT2D eigenvalue weighted by Gasteiger charge is -2.28. The van der Waals surface area contributed by atoms with Crippen molar-refractivity contribution in [2.45, 2.75) is 44.3 Å². The molecule has 1 atom stereocenters. The molecule has 0 aromatic carbocycles. The number of alkyl halides is 4. The molecule has 1 unspecified atom stereocenters. The molecule has 0 fully saturated rings. The lowest BCUT2D eigenvalue weighted by Crippen LogP contribution is -2.49. The summed E-state index contributed by atoms with van der Waals surface area (Å²) in [5.74, 6) is -0.385. The fourth-order valence-electron chi connectivity index (χ4n) is 0.874. The Hall–Kier alpha value is -0.490. The van der Waals surface area contributed by atoms with Crippen molar-refractivity contribution in [1.29, 1.82) is 0 Å². The molecule has 0 aliphatic carbocycles. The van der Waals surface area contributed by atoms with Gasteiger partial charge in [0, 0.05) is 6.42 Å². The first-order valence-electron chi connectivity index (χ1n) is 5.14. The number of nitrogens with one attached hydrogen (secondary N) is 1. The summed E-state index contributed by atoms with van der Waals surface area (Å²) in [5, 5.41) is 2.33. The zero-order valence-electron chi connectivity index (χ0n) is 10.0. The van der Waals surface area contributed by atoms with Crippen LogP contribution in [0.4, 0.5) is 13.2 Å². The quantitative estimate of drug-likeness (QED) is 0.597. The second kappa shape index (κ2) is 6.44. The van der Waals surface area contributed by atoms with Crippen molar-refractivity contribution < 1.29 is 22.7 Å². The SMILES string of the molecule is CC(Cl)C(C)(C)NC(=O)CCOCC(F)(F)F. The van der Waals surface area contributed by atoms with Gasteiger partial charge in [-0.3, -0.25) is 4.79 Å². The molecule has 1 N–H and O–H groups in total. The molecule has 0 aliphatic rings. The van der Waals surface area contributed by atoms with Crippen molar-refractivity contribution in [1.82, 2.24) is 5.32 Å². The topological polar surface area (TPSA) is 38.3 Å². The molecular weight excluding hydrogens is 259 g/mol. The average Bonchev–Trinajstić information content (AvgIpc) is 2.10. The summed E-state index contributed by atoms with van der Waals surface area (Å²) in [6, 6.07) is 0. The van der Waals surface area contributed by atoms with E-state index < -0.39 is 18.3 Å². The van der Waals surface area contributed by atoms with Crippen LogP contribution in [-0.4, -0.2) is 36.2 Å². The lowest BCUT2D eigenvalue weighted by molar-refractivity contribution is -0.174. The molecule has 0 aromatic heterocycles. The third-order valence-corrected chi connectivity index (χ3v) is 2.74. The predicted octanol–water partition coefficient (Wildman–Crippen LogP) is 2.48. The average molecular weight is 276 g/mol. The van der Waals surface area contributed by atoms with Crippen molar-refractivity contribution in [3.05, 3.63) is 0 Å². The number of halogens is 4. The highest BCUT2D eigenvalue weighted by molar-refractivity contribution is 6.21. The Bertz CT molecular complexity index is 254. The Balaban J connectivity index is 3.82. The molecule has 0 saturated carbocycles. The number of ether oxygens (including phenoxy) is 1. The van der Waals surface area contributed by atoms with E-state index in [1.807, 2.05) is 0 Å². The van der Waals surface area contributed by atoms with Gasteiger partial charge in [0.15, 0.2) is 0 Å². The minimum absolute atomic E-state index is 0.122. The molecule has 0 radical (unpaired) electrons. The minimum atomic E-state index is -4.36. The Morgan fingerprint density at radius 2 is 1.94 bits per heavy atom. The van der Waals surface area contributed by atoms with Crippen LogP contribution in [0.25, 0.3) is 0 Å². The van der Waals surface area contributed by atoms with E-state index in [-0.39, 0.29) is 24.3 Å². The van der Waals surface area contributed by atoms with Gasteiger partial charge in [0.1, 0.15) is 6.61 Å². The van der Waals surface area contributed by atoms with Gasteiger partial charge in [-0.25, -0.2) is 0 Å². The number of hydrogen-bond donors (Lipinski definition) is 1. The van der Waals surface area contributed by atoms with Crippen LogP contribution in [0.15, 0.2) is 0 Å². The molecule has 3 nitrogen and oxygen atoms in total. The van der Waals surface area contributed by atoms with Crippen LogP contribution in [0, 0.1) is 0 Å². The summed E-state index contributed by atoms with van der Waals surface area (Å²) in [5.41, 5.74) is -0.608. The van der Waals surface area contributed by atoms with E-state index in [1.165, 1.54) is 0 Å². The normalized spacial score (nSPS) is 14.5. The maximum atomic E-state index is 11.7. The maximum absolute atomic E-state index is 11.7. The van der Waals surface area contributed by atoms with Crippen molar-refractivity contribution in [2.24, 2.45) is 0 Å². The van der Waals surface area contributed by atoms with Gasteiger partial charge in [-0.15, -0.1) is 11.6 Å². The van der Waals surface area contributed by atoms with Crippen LogP contribution in [0.1, 0.15) is 27.2 Å². The van der Waals surface area contributed by atoms with E-state index in [9.17, 15) is 18.0 Å². The number of carbonyl (C=O) groups excluding carboxylic acids is 1.